The summed E-state index contributed by atoms with van der Waals surface area (Å²) in [5.74, 6) is -0.249. The molecule has 3 aromatic rings. The molecule has 182 valence electrons. The number of hydrogen-bond acceptors (Lipinski definition) is 6. The van der Waals surface area contributed by atoms with Crippen molar-refractivity contribution in [2.24, 2.45) is 0 Å². The summed E-state index contributed by atoms with van der Waals surface area (Å²) >= 11 is 0. The van der Waals surface area contributed by atoms with Crippen LogP contribution in [0.15, 0.2) is 36.5 Å². The molecule has 4 rings (SSSR count). The summed E-state index contributed by atoms with van der Waals surface area (Å²) in [6.07, 6.45) is 5.50. The second kappa shape index (κ2) is 10.8. The summed E-state index contributed by atoms with van der Waals surface area (Å²) in [7, 11) is 0. The molecule has 1 aliphatic rings. The Balaban J connectivity index is 1.78. The molecule has 0 unspecified atom stereocenters. The van der Waals surface area contributed by atoms with Crippen molar-refractivity contribution in [3.05, 3.63) is 58.9 Å². The van der Waals surface area contributed by atoms with Crippen molar-refractivity contribution in [1.82, 2.24) is 14.5 Å². The van der Waals surface area contributed by atoms with Gasteiger partial charge in [-0.15, -0.1) is 0 Å². The second-order valence-corrected chi connectivity index (χ2v) is 9.26. The summed E-state index contributed by atoms with van der Waals surface area (Å²) in [5, 5.41) is 9.21. The van der Waals surface area contributed by atoms with Crippen molar-refractivity contribution < 1.29 is 14.3 Å². The van der Waals surface area contributed by atoms with Crippen LogP contribution in [-0.4, -0.2) is 52.4 Å². The van der Waals surface area contributed by atoms with Gasteiger partial charge in [-0.05, 0) is 81.6 Å². The largest absolute Gasteiger partial charge is 0.466 e. The number of fused-ring (bicyclic) bond motifs is 1. The number of aromatic nitrogens is 2. The van der Waals surface area contributed by atoms with E-state index in [1.165, 1.54) is 6.42 Å². The number of esters is 1. The van der Waals surface area contributed by atoms with Gasteiger partial charge in [-0.1, -0.05) is 13.3 Å². The molecule has 1 fully saturated rings. The third-order valence-electron chi connectivity index (χ3n) is 6.76. The van der Waals surface area contributed by atoms with Crippen LogP contribution in [0, 0.1) is 18.3 Å². The Morgan fingerprint density at radius 1 is 1.17 bits per heavy atom. The molecule has 0 aliphatic carbocycles. The van der Waals surface area contributed by atoms with E-state index in [4.69, 9.17) is 9.72 Å². The average Bonchev–Trinajstić information content (AvgIpc) is 3.15. The van der Waals surface area contributed by atoms with E-state index in [9.17, 15) is 14.9 Å². The fraction of sp³-hybridized carbons (Fsp3) is 0.429. The Morgan fingerprint density at radius 2 is 1.89 bits per heavy atom. The number of pyridine rings is 1. The van der Waals surface area contributed by atoms with Gasteiger partial charge < -0.3 is 9.30 Å². The summed E-state index contributed by atoms with van der Waals surface area (Å²) in [6, 6.07) is 11.5. The molecule has 0 spiro atoms. The van der Waals surface area contributed by atoms with Crippen molar-refractivity contribution >= 4 is 22.8 Å². The Morgan fingerprint density at radius 3 is 2.54 bits per heavy atom. The number of carbonyl (C=O) groups is 2. The molecule has 7 nitrogen and oxygen atoms in total. The number of benzene rings is 1. The van der Waals surface area contributed by atoms with E-state index < -0.39 is 0 Å². The molecular formula is C28H32N4O3. The number of hydrogen-bond donors (Lipinski definition) is 0. The van der Waals surface area contributed by atoms with E-state index in [-0.39, 0.29) is 24.1 Å². The van der Waals surface area contributed by atoms with Gasteiger partial charge in [0.1, 0.15) is 0 Å². The predicted molar refractivity (Wildman–Crippen MR) is 135 cm³/mol. The van der Waals surface area contributed by atoms with Crippen molar-refractivity contribution in [2.45, 2.75) is 52.4 Å². The quantitative estimate of drug-likeness (QED) is 0.341. The zero-order valence-electron chi connectivity index (χ0n) is 20.7. The number of nitrogens with zero attached hydrogens (tertiary/aromatic N) is 4. The Hall–Kier alpha value is -3.50. The molecule has 0 bridgehead atoms. The highest BCUT2D eigenvalue weighted by molar-refractivity contribution is 6.09. The lowest BCUT2D eigenvalue weighted by Crippen LogP contribution is -2.34. The number of rotatable bonds is 8. The second-order valence-electron chi connectivity index (χ2n) is 9.26. The van der Waals surface area contributed by atoms with Crippen LogP contribution in [0.1, 0.15) is 72.6 Å². The van der Waals surface area contributed by atoms with Crippen molar-refractivity contribution in [1.29, 1.82) is 5.26 Å². The lowest BCUT2D eigenvalue weighted by Gasteiger charge is -2.25. The van der Waals surface area contributed by atoms with Gasteiger partial charge in [0.25, 0.3) is 0 Å². The molecule has 35 heavy (non-hydrogen) atoms. The predicted octanol–water partition coefficient (Wildman–Crippen LogP) is 4.93. The van der Waals surface area contributed by atoms with Gasteiger partial charge in [-0.25, -0.2) is 0 Å². The molecule has 0 N–H and O–H groups in total. The molecule has 2 aromatic heterocycles. The minimum atomic E-state index is -0.240. The van der Waals surface area contributed by atoms with E-state index in [2.05, 4.69) is 11.0 Å². The van der Waals surface area contributed by atoms with E-state index in [1.54, 1.807) is 25.3 Å². The van der Waals surface area contributed by atoms with Crippen molar-refractivity contribution in [3.63, 3.8) is 0 Å². The number of piperidine rings is 1. The van der Waals surface area contributed by atoms with Gasteiger partial charge in [0.2, 0.25) is 0 Å². The molecule has 0 saturated carbocycles. The minimum Gasteiger partial charge on any atom is -0.466 e. The summed E-state index contributed by atoms with van der Waals surface area (Å²) < 4.78 is 7.16. The Kier molecular flexibility index (Phi) is 7.62. The van der Waals surface area contributed by atoms with Crippen LogP contribution in [0.2, 0.25) is 0 Å². The molecule has 1 saturated heterocycles. The summed E-state index contributed by atoms with van der Waals surface area (Å²) in [5.41, 5.74) is 5.30. The highest BCUT2D eigenvalue weighted by Crippen LogP contribution is 2.32. The molecule has 1 aliphatic heterocycles. The van der Waals surface area contributed by atoms with E-state index in [0.717, 1.165) is 48.4 Å². The van der Waals surface area contributed by atoms with Crippen LogP contribution < -0.4 is 0 Å². The molecule has 1 atom stereocenters. The van der Waals surface area contributed by atoms with Gasteiger partial charge >= 0.3 is 5.97 Å². The first-order valence-electron chi connectivity index (χ1n) is 12.4. The SMILES string of the molecule is CCOC(=O)C[C@@H](C)c1cnc2c(C(=O)CN3CCCCC3)c(C)n(-c3ccc(C#N)cc3)c2c1. The number of ether oxygens (including phenoxy) is 1. The van der Waals surface area contributed by atoms with E-state index in [0.29, 0.717) is 29.8 Å². The molecule has 0 radical (unpaired) electrons. The molecule has 1 aromatic carbocycles. The maximum Gasteiger partial charge on any atom is 0.306 e. The third-order valence-corrected chi connectivity index (χ3v) is 6.76. The molecule has 7 heteroatoms. The van der Waals surface area contributed by atoms with Gasteiger partial charge in [-0.2, -0.15) is 5.26 Å². The molecular weight excluding hydrogens is 440 g/mol. The fourth-order valence-corrected chi connectivity index (χ4v) is 4.90. The van der Waals surface area contributed by atoms with Crippen LogP contribution in [0.5, 0.6) is 0 Å². The van der Waals surface area contributed by atoms with E-state index >= 15 is 0 Å². The lowest BCUT2D eigenvalue weighted by atomic mass is 9.99. The van der Waals surface area contributed by atoms with Gasteiger partial charge in [0.05, 0.1) is 47.8 Å². The molecule has 3 heterocycles. The first-order valence-corrected chi connectivity index (χ1v) is 12.4. The third kappa shape index (κ3) is 5.28. The average molecular weight is 473 g/mol. The maximum atomic E-state index is 13.5. The summed E-state index contributed by atoms with van der Waals surface area (Å²) in [4.78, 5) is 32.6. The zero-order chi connectivity index (χ0) is 24.9. The smallest absolute Gasteiger partial charge is 0.306 e. The number of carbonyl (C=O) groups excluding carboxylic acids is 2. The van der Waals surface area contributed by atoms with Gasteiger partial charge in [-0.3, -0.25) is 19.5 Å². The monoisotopic (exact) mass is 472 g/mol. The topological polar surface area (TPSA) is 88.2 Å². The van der Waals surface area contributed by atoms with Crippen molar-refractivity contribution in [2.75, 3.05) is 26.2 Å². The van der Waals surface area contributed by atoms with Crippen LogP contribution in [0.25, 0.3) is 16.7 Å². The normalized spacial score (nSPS) is 15.0. The highest BCUT2D eigenvalue weighted by atomic mass is 16.5. The number of nitriles is 1. The fourth-order valence-electron chi connectivity index (χ4n) is 4.90. The molecule has 0 amide bonds. The van der Waals surface area contributed by atoms with Crippen LogP contribution in [0.4, 0.5) is 0 Å². The Labute approximate surface area is 206 Å². The summed E-state index contributed by atoms with van der Waals surface area (Å²) in [6.45, 7) is 8.35. The first-order chi connectivity index (χ1) is 16.9. The lowest BCUT2D eigenvalue weighted by molar-refractivity contribution is -0.143. The Bertz CT molecular complexity index is 1260. The van der Waals surface area contributed by atoms with Crippen LogP contribution in [-0.2, 0) is 9.53 Å². The first kappa shape index (κ1) is 24.6. The number of ketones is 1. The van der Waals surface area contributed by atoms with Crippen molar-refractivity contribution in [3.8, 4) is 11.8 Å². The number of likely N-dealkylation sites (tertiary alicyclic amines) is 1. The standard InChI is InChI=1S/C28H32N4O3/c1-4-35-26(34)14-19(2)22-15-24-28(30-17-22)27(25(33)18-31-12-6-5-7-13-31)20(3)32(24)23-10-8-21(16-29)9-11-23/h8-11,15,17,19H,4-7,12-14,18H2,1-3H3/t19-/m1/s1. The van der Waals surface area contributed by atoms with Gasteiger partial charge in [0, 0.05) is 17.6 Å². The maximum absolute atomic E-state index is 13.5. The van der Waals surface area contributed by atoms with E-state index in [1.807, 2.05) is 36.6 Å². The number of Topliss-reactive ketones (excluding diaryl/α,β-unsaturated/α-hetero) is 1. The van der Waals surface area contributed by atoms with Crippen LogP contribution >= 0.6 is 0 Å². The zero-order valence-corrected chi connectivity index (χ0v) is 20.7. The van der Waals surface area contributed by atoms with Crippen LogP contribution in [0.3, 0.4) is 0 Å². The highest BCUT2D eigenvalue weighted by Gasteiger charge is 2.25. The van der Waals surface area contributed by atoms with Gasteiger partial charge in [0.15, 0.2) is 5.78 Å². The minimum absolute atomic E-state index is 0.0709.